The number of carbonyl (C=O) groups is 2. The lowest BCUT2D eigenvalue weighted by atomic mass is 10.1. The molecular formula is C28H26FN5O3. The van der Waals surface area contributed by atoms with Gasteiger partial charge in [0.2, 0.25) is 0 Å². The average molecular weight is 500 g/mol. The lowest BCUT2D eigenvalue weighted by Gasteiger charge is -2.23. The standard InChI is InChI=1S/C28H26FN5O3/c1-3-37-27(35)13-14-34(23-6-4-5-21(29)16-23)28(36)20-9-12-25-24(15-20)32-26(33(25)2)18-31-22-10-7-19(17-30)8-11-22/h4-12,15-16,31H,3,13-14,18H2,1-2H3. The van der Waals surface area contributed by atoms with Gasteiger partial charge in [-0.15, -0.1) is 0 Å². The number of imidazole rings is 1. The average Bonchev–Trinajstić information content (AvgIpc) is 3.22. The maximum atomic E-state index is 13.9. The lowest BCUT2D eigenvalue weighted by Crippen LogP contribution is -2.33. The van der Waals surface area contributed by atoms with Crippen molar-refractivity contribution in [1.82, 2.24) is 9.55 Å². The van der Waals surface area contributed by atoms with Gasteiger partial charge in [0, 0.05) is 30.5 Å². The van der Waals surface area contributed by atoms with E-state index in [1.807, 2.05) is 29.8 Å². The van der Waals surface area contributed by atoms with Crippen LogP contribution in [0.2, 0.25) is 0 Å². The van der Waals surface area contributed by atoms with Crippen LogP contribution in [0.15, 0.2) is 66.7 Å². The van der Waals surface area contributed by atoms with Gasteiger partial charge in [0.25, 0.3) is 5.91 Å². The van der Waals surface area contributed by atoms with E-state index in [2.05, 4.69) is 11.4 Å². The minimum absolute atomic E-state index is 0.0207. The van der Waals surface area contributed by atoms with E-state index in [4.69, 9.17) is 15.0 Å². The van der Waals surface area contributed by atoms with E-state index in [1.54, 1.807) is 37.3 Å². The van der Waals surface area contributed by atoms with Gasteiger partial charge in [-0.05, 0) is 67.6 Å². The summed E-state index contributed by atoms with van der Waals surface area (Å²) < 4.78 is 20.9. The number of hydrogen-bond donors (Lipinski definition) is 1. The zero-order valence-corrected chi connectivity index (χ0v) is 20.6. The normalized spacial score (nSPS) is 10.6. The number of fused-ring (bicyclic) bond motifs is 1. The third-order valence-electron chi connectivity index (χ3n) is 5.89. The maximum Gasteiger partial charge on any atom is 0.307 e. The third-order valence-corrected chi connectivity index (χ3v) is 5.89. The molecule has 1 amide bonds. The maximum absolute atomic E-state index is 13.9. The Labute approximate surface area is 213 Å². The molecule has 188 valence electrons. The predicted molar refractivity (Wildman–Crippen MR) is 139 cm³/mol. The highest BCUT2D eigenvalue weighted by atomic mass is 19.1. The summed E-state index contributed by atoms with van der Waals surface area (Å²) in [6, 6.07) is 20.1. The number of esters is 1. The van der Waals surface area contributed by atoms with Crippen LogP contribution >= 0.6 is 0 Å². The molecule has 0 atom stereocenters. The van der Waals surface area contributed by atoms with Crippen LogP contribution in [0.25, 0.3) is 11.0 Å². The number of benzene rings is 3. The number of rotatable bonds is 9. The minimum atomic E-state index is -0.481. The molecule has 0 aliphatic carbocycles. The van der Waals surface area contributed by atoms with Crippen molar-refractivity contribution in [2.75, 3.05) is 23.4 Å². The molecule has 0 aliphatic heterocycles. The van der Waals surface area contributed by atoms with Crippen LogP contribution in [0.4, 0.5) is 15.8 Å². The van der Waals surface area contributed by atoms with E-state index in [0.717, 1.165) is 17.0 Å². The van der Waals surface area contributed by atoms with Crippen molar-refractivity contribution < 1.29 is 18.7 Å². The van der Waals surface area contributed by atoms with Crippen LogP contribution in [-0.2, 0) is 23.1 Å². The van der Waals surface area contributed by atoms with Crippen LogP contribution < -0.4 is 10.2 Å². The van der Waals surface area contributed by atoms with E-state index in [0.29, 0.717) is 28.9 Å². The summed E-state index contributed by atoms with van der Waals surface area (Å²) in [6.45, 7) is 2.44. The molecule has 4 aromatic rings. The molecule has 3 aromatic carbocycles. The summed E-state index contributed by atoms with van der Waals surface area (Å²) in [4.78, 5) is 31.5. The molecule has 0 unspecified atom stereocenters. The van der Waals surface area contributed by atoms with Crippen molar-refractivity contribution >= 4 is 34.3 Å². The Morgan fingerprint density at radius 1 is 1.14 bits per heavy atom. The van der Waals surface area contributed by atoms with Gasteiger partial charge >= 0.3 is 5.97 Å². The molecule has 37 heavy (non-hydrogen) atoms. The number of nitrogens with one attached hydrogen (secondary N) is 1. The van der Waals surface area contributed by atoms with Crippen molar-refractivity contribution in [3.05, 3.63) is 89.5 Å². The van der Waals surface area contributed by atoms with Gasteiger partial charge in [-0.3, -0.25) is 9.59 Å². The van der Waals surface area contributed by atoms with Gasteiger partial charge in [-0.1, -0.05) is 6.07 Å². The monoisotopic (exact) mass is 499 g/mol. The molecule has 0 saturated carbocycles. The first-order chi connectivity index (χ1) is 17.9. The van der Waals surface area contributed by atoms with Crippen molar-refractivity contribution in [3.8, 4) is 6.07 Å². The molecule has 0 aliphatic rings. The molecular weight excluding hydrogens is 473 g/mol. The predicted octanol–water partition coefficient (Wildman–Crippen LogP) is 4.80. The topological polar surface area (TPSA) is 100 Å². The number of ether oxygens (including phenoxy) is 1. The first-order valence-electron chi connectivity index (χ1n) is 11.8. The van der Waals surface area contributed by atoms with Gasteiger partial charge in [0.05, 0.1) is 42.2 Å². The van der Waals surface area contributed by atoms with Crippen molar-refractivity contribution in [3.63, 3.8) is 0 Å². The first kappa shape index (κ1) is 25.4. The van der Waals surface area contributed by atoms with E-state index in [1.165, 1.54) is 23.1 Å². The summed E-state index contributed by atoms with van der Waals surface area (Å²) in [5.74, 6) is -0.532. The lowest BCUT2D eigenvalue weighted by molar-refractivity contribution is -0.142. The fraction of sp³-hybridized carbons (Fsp3) is 0.214. The first-order valence-corrected chi connectivity index (χ1v) is 11.8. The molecule has 0 radical (unpaired) electrons. The molecule has 1 heterocycles. The molecule has 1 N–H and O–H groups in total. The van der Waals surface area contributed by atoms with Crippen molar-refractivity contribution in [2.24, 2.45) is 7.05 Å². The zero-order chi connectivity index (χ0) is 26.4. The number of nitriles is 1. The van der Waals surface area contributed by atoms with E-state index < -0.39 is 11.8 Å². The summed E-state index contributed by atoms with van der Waals surface area (Å²) >= 11 is 0. The Hall–Kier alpha value is -4.71. The number of amides is 1. The molecule has 0 spiro atoms. The fourth-order valence-electron chi connectivity index (χ4n) is 3.97. The minimum Gasteiger partial charge on any atom is -0.466 e. The number of aromatic nitrogens is 2. The smallest absolute Gasteiger partial charge is 0.307 e. The Morgan fingerprint density at radius 3 is 2.62 bits per heavy atom. The molecule has 0 saturated heterocycles. The van der Waals surface area contributed by atoms with Crippen LogP contribution in [0.3, 0.4) is 0 Å². The summed E-state index contributed by atoms with van der Waals surface area (Å²) in [5.41, 5.74) is 3.63. The molecule has 0 fully saturated rings. The number of aryl methyl sites for hydroxylation is 1. The van der Waals surface area contributed by atoms with Crippen LogP contribution in [-0.4, -0.2) is 34.6 Å². The highest BCUT2D eigenvalue weighted by Gasteiger charge is 2.21. The van der Waals surface area contributed by atoms with Crippen molar-refractivity contribution in [1.29, 1.82) is 5.26 Å². The number of nitrogens with zero attached hydrogens (tertiary/aromatic N) is 4. The van der Waals surface area contributed by atoms with Crippen LogP contribution in [0.5, 0.6) is 0 Å². The largest absolute Gasteiger partial charge is 0.466 e. The number of halogens is 1. The number of hydrogen-bond acceptors (Lipinski definition) is 6. The van der Waals surface area contributed by atoms with Gasteiger partial charge < -0.3 is 19.5 Å². The SMILES string of the molecule is CCOC(=O)CCN(C(=O)c1ccc2c(c1)nc(CNc1ccc(C#N)cc1)n2C)c1cccc(F)c1. The van der Waals surface area contributed by atoms with E-state index >= 15 is 0 Å². The second-order valence-electron chi connectivity index (χ2n) is 8.32. The third kappa shape index (κ3) is 5.93. The molecule has 4 rings (SSSR count). The Bertz CT molecular complexity index is 1470. The van der Waals surface area contributed by atoms with E-state index in [9.17, 15) is 14.0 Å². The van der Waals surface area contributed by atoms with Crippen molar-refractivity contribution in [2.45, 2.75) is 19.9 Å². The molecule has 1 aromatic heterocycles. The second-order valence-corrected chi connectivity index (χ2v) is 8.32. The molecule has 0 bridgehead atoms. The van der Waals surface area contributed by atoms with Gasteiger partial charge in [-0.2, -0.15) is 5.26 Å². The van der Waals surface area contributed by atoms with Crippen LogP contribution in [0.1, 0.15) is 35.1 Å². The van der Waals surface area contributed by atoms with Gasteiger partial charge in [0.1, 0.15) is 11.6 Å². The quantitative estimate of drug-likeness (QED) is 0.332. The number of anilines is 2. The van der Waals surface area contributed by atoms with E-state index in [-0.39, 0.29) is 25.5 Å². The van der Waals surface area contributed by atoms with Gasteiger partial charge in [-0.25, -0.2) is 9.37 Å². The zero-order valence-electron chi connectivity index (χ0n) is 20.6. The number of carbonyl (C=O) groups excluding carboxylic acids is 2. The summed E-state index contributed by atoms with van der Waals surface area (Å²) in [7, 11) is 1.89. The highest BCUT2D eigenvalue weighted by molar-refractivity contribution is 6.07. The highest BCUT2D eigenvalue weighted by Crippen LogP contribution is 2.23. The van der Waals surface area contributed by atoms with Crippen LogP contribution in [0, 0.1) is 17.1 Å². The summed E-state index contributed by atoms with van der Waals surface area (Å²) in [5, 5.41) is 12.2. The Kier molecular flexibility index (Phi) is 7.79. The Balaban J connectivity index is 1.57. The second kappa shape index (κ2) is 11.4. The van der Waals surface area contributed by atoms with Gasteiger partial charge in [0.15, 0.2) is 0 Å². The fourth-order valence-corrected chi connectivity index (χ4v) is 3.97. The molecule has 9 heteroatoms. The Morgan fingerprint density at radius 2 is 1.92 bits per heavy atom. The molecule has 8 nitrogen and oxygen atoms in total. The summed E-state index contributed by atoms with van der Waals surface area (Å²) in [6.07, 6.45) is -0.0207.